The van der Waals surface area contributed by atoms with Crippen LogP contribution in [0.1, 0.15) is 20.7 Å². The zero-order valence-corrected chi connectivity index (χ0v) is 16.8. The first-order valence-corrected chi connectivity index (χ1v) is 7.52. The van der Waals surface area contributed by atoms with E-state index in [-0.39, 0.29) is 52.9 Å². The van der Waals surface area contributed by atoms with E-state index in [9.17, 15) is 9.59 Å². The van der Waals surface area contributed by atoms with Crippen LogP contribution >= 0.6 is 0 Å². The number of nitrogens with two attached hydrogens (primary N) is 1. The van der Waals surface area contributed by atoms with Gasteiger partial charge in [-0.15, -0.1) is 0 Å². The zero-order chi connectivity index (χ0) is 18.0. The van der Waals surface area contributed by atoms with Gasteiger partial charge in [-0.1, -0.05) is 42.5 Å². The summed E-state index contributed by atoms with van der Waals surface area (Å²) in [4.78, 5) is 21.9. The maximum atomic E-state index is 11.0. The first-order chi connectivity index (χ1) is 12.0. The minimum atomic E-state index is -1.02. The van der Waals surface area contributed by atoms with Crippen molar-refractivity contribution < 1.29 is 61.5 Å². The number of aromatic carboxylic acids is 2. The number of hydrogen-bond donors (Lipinski definition) is 3. The van der Waals surface area contributed by atoms with Gasteiger partial charge in [0.1, 0.15) is 0 Å². The van der Waals surface area contributed by atoms with Gasteiger partial charge >= 0.3 is 11.9 Å². The van der Waals surface area contributed by atoms with E-state index in [1.54, 1.807) is 30.3 Å². The normalized spacial score (nSPS) is 10.0. The average Bonchev–Trinajstić information content (AvgIpc) is 2.62. The van der Waals surface area contributed by atoms with Gasteiger partial charge < -0.3 is 15.9 Å². The van der Waals surface area contributed by atoms with Gasteiger partial charge in [-0.05, 0) is 41.0 Å². The number of rotatable bonds is 4. The van der Waals surface area contributed by atoms with Crippen LogP contribution in [0.3, 0.4) is 0 Å². The molecule has 0 saturated carbocycles. The monoisotopic (exact) mass is 473 g/mol. The van der Waals surface area contributed by atoms with Crippen LogP contribution in [0, 0.1) is 41.7 Å². The van der Waals surface area contributed by atoms with Crippen molar-refractivity contribution in [2.75, 3.05) is 5.73 Å². The quantitative estimate of drug-likeness (QED) is 0.498. The van der Waals surface area contributed by atoms with Gasteiger partial charge in [0, 0.05) is 53.0 Å². The second kappa shape index (κ2) is 8.44. The second-order valence-electron chi connectivity index (χ2n) is 5.57. The fourth-order valence-electron chi connectivity index (χ4n) is 2.61. The number of anilines is 1. The molecule has 0 spiro atoms. The van der Waals surface area contributed by atoms with Gasteiger partial charge in [-0.3, -0.25) is 0 Å². The Morgan fingerprint density at radius 1 is 0.654 bits per heavy atom. The molecule has 0 radical (unpaired) electrons. The van der Waals surface area contributed by atoms with Crippen LogP contribution in [0.4, 0.5) is 5.69 Å². The molecule has 0 amide bonds. The predicted octanol–water partition coefficient (Wildman–Crippen LogP) is 4.00. The molecule has 26 heavy (non-hydrogen) atoms. The average molecular weight is 473 g/mol. The first-order valence-electron chi connectivity index (χ1n) is 7.52. The molecule has 3 rings (SSSR count). The van der Waals surface area contributed by atoms with Crippen LogP contribution in [0.25, 0.3) is 22.3 Å². The number of carboxylic acid groups (broad SMARTS) is 2. The summed E-state index contributed by atoms with van der Waals surface area (Å²) in [6.45, 7) is 0. The summed E-state index contributed by atoms with van der Waals surface area (Å²) >= 11 is 0. The third-order valence-corrected chi connectivity index (χ3v) is 3.96. The smallest absolute Gasteiger partial charge is 0.335 e. The number of nitrogen functional groups attached to an aromatic ring is 1. The largest absolute Gasteiger partial charge is 0.478 e. The number of hydrogen-bond acceptors (Lipinski definition) is 3. The Morgan fingerprint density at radius 2 is 1.08 bits per heavy atom. The Bertz CT molecular complexity index is 951. The Labute approximate surface area is 183 Å². The molecule has 0 atom stereocenters. The molecule has 0 aliphatic carbocycles. The van der Waals surface area contributed by atoms with E-state index in [1.807, 2.05) is 24.3 Å². The summed E-state index contributed by atoms with van der Waals surface area (Å²) in [5, 5.41) is 17.9. The van der Waals surface area contributed by atoms with Gasteiger partial charge in [0.05, 0.1) is 11.1 Å². The van der Waals surface area contributed by atoms with Crippen LogP contribution in [0.5, 0.6) is 0 Å². The molecule has 0 heterocycles. The summed E-state index contributed by atoms with van der Waals surface area (Å²) < 4.78 is 0. The van der Waals surface area contributed by atoms with Crippen LogP contribution < -0.4 is 5.73 Å². The number of carboxylic acids is 2. The van der Waals surface area contributed by atoms with Crippen molar-refractivity contribution >= 4 is 17.6 Å². The van der Waals surface area contributed by atoms with Gasteiger partial charge in [-0.2, -0.15) is 0 Å². The van der Waals surface area contributed by atoms with E-state index in [1.165, 1.54) is 12.1 Å². The van der Waals surface area contributed by atoms with E-state index in [4.69, 9.17) is 15.9 Å². The van der Waals surface area contributed by atoms with Crippen molar-refractivity contribution in [3.63, 3.8) is 0 Å². The molecule has 4 N–H and O–H groups in total. The molecule has 0 aliphatic rings. The Hall–Kier alpha value is -2.22. The van der Waals surface area contributed by atoms with Gasteiger partial charge in [0.25, 0.3) is 0 Å². The molecule has 5 nitrogen and oxygen atoms in total. The van der Waals surface area contributed by atoms with Crippen molar-refractivity contribution in [3.05, 3.63) is 77.9 Å². The maximum absolute atomic E-state index is 11.0. The SMILES string of the molecule is Nc1cc(C(=O)O)ccc1-c1ccc(-c2ccc(C(=O)O)cc2)cc1.[Ce]. The van der Waals surface area contributed by atoms with E-state index >= 15 is 0 Å². The Balaban J connectivity index is 0.00000243. The second-order valence-corrected chi connectivity index (χ2v) is 5.57. The summed E-state index contributed by atoms with van der Waals surface area (Å²) in [5.41, 5.74) is 10.3. The summed E-state index contributed by atoms with van der Waals surface area (Å²) in [5.74, 6) is -1.97. The molecular formula is C20H15CeNO4. The van der Waals surface area contributed by atoms with Crippen LogP contribution in [-0.4, -0.2) is 22.2 Å². The number of carbonyl (C=O) groups is 2. The third kappa shape index (κ3) is 4.30. The predicted molar refractivity (Wildman–Crippen MR) is 95.6 cm³/mol. The topological polar surface area (TPSA) is 101 Å². The van der Waals surface area contributed by atoms with Crippen molar-refractivity contribution in [1.29, 1.82) is 0 Å². The zero-order valence-electron chi connectivity index (χ0n) is 13.6. The fraction of sp³-hybridized carbons (Fsp3) is 0. The van der Waals surface area contributed by atoms with Crippen molar-refractivity contribution in [1.82, 2.24) is 0 Å². The maximum Gasteiger partial charge on any atom is 0.335 e. The standard InChI is InChI=1S/C20H15NO4.Ce/c21-18-11-16(20(24)25)9-10-17(18)14-5-1-12(2-6-14)13-3-7-15(8-4-13)19(22)23;/h1-11H,21H2,(H,22,23)(H,24,25);. The fourth-order valence-corrected chi connectivity index (χ4v) is 2.61. The van der Waals surface area contributed by atoms with E-state index < -0.39 is 11.9 Å². The first kappa shape index (κ1) is 20.1. The van der Waals surface area contributed by atoms with E-state index in [2.05, 4.69) is 0 Å². The van der Waals surface area contributed by atoms with Crippen molar-refractivity contribution in [3.8, 4) is 22.3 Å². The van der Waals surface area contributed by atoms with Gasteiger partial charge in [-0.25, -0.2) is 9.59 Å². The van der Waals surface area contributed by atoms with E-state index in [0.29, 0.717) is 5.69 Å². The summed E-state index contributed by atoms with van der Waals surface area (Å²) in [6.07, 6.45) is 0. The Kier molecular flexibility index (Phi) is 6.52. The van der Waals surface area contributed by atoms with Crippen LogP contribution in [-0.2, 0) is 0 Å². The minimum absolute atomic E-state index is 0. The molecule has 0 aliphatic heterocycles. The van der Waals surface area contributed by atoms with Crippen LogP contribution in [0.2, 0.25) is 0 Å². The van der Waals surface area contributed by atoms with Gasteiger partial charge in [0.2, 0.25) is 0 Å². The summed E-state index contributed by atoms with van der Waals surface area (Å²) in [6, 6.07) is 18.9. The molecule has 6 heteroatoms. The molecule has 0 saturated heterocycles. The molecule has 0 bridgehead atoms. The molecule has 128 valence electrons. The molecule has 3 aromatic rings. The molecule has 0 aromatic heterocycles. The molecular weight excluding hydrogens is 458 g/mol. The summed E-state index contributed by atoms with van der Waals surface area (Å²) in [7, 11) is 0. The number of benzene rings is 3. The Morgan fingerprint density at radius 3 is 1.54 bits per heavy atom. The molecule has 0 fully saturated rings. The van der Waals surface area contributed by atoms with Crippen molar-refractivity contribution in [2.45, 2.75) is 0 Å². The van der Waals surface area contributed by atoms with Gasteiger partial charge in [0.15, 0.2) is 0 Å². The molecule has 0 unspecified atom stereocenters. The van der Waals surface area contributed by atoms with E-state index in [0.717, 1.165) is 22.3 Å². The van der Waals surface area contributed by atoms with Crippen LogP contribution in [0.15, 0.2) is 66.7 Å². The molecule has 3 aromatic carbocycles. The van der Waals surface area contributed by atoms with Crippen molar-refractivity contribution in [2.24, 2.45) is 0 Å². The third-order valence-electron chi connectivity index (χ3n) is 3.96. The minimum Gasteiger partial charge on any atom is -0.478 e.